The van der Waals surface area contributed by atoms with Gasteiger partial charge >= 0.3 is 0 Å². The van der Waals surface area contributed by atoms with Crippen molar-refractivity contribution in [1.82, 2.24) is 4.98 Å². The lowest BCUT2D eigenvalue weighted by Crippen LogP contribution is -2.22. The van der Waals surface area contributed by atoms with Crippen LogP contribution >= 0.6 is 0 Å². The maximum Gasteiger partial charge on any atom is 0.129 e. The summed E-state index contributed by atoms with van der Waals surface area (Å²) in [7, 11) is 1.71. The Labute approximate surface area is 85.5 Å². The van der Waals surface area contributed by atoms with Crippen LogP contribution in [-0.2, 0) is 11.2 Å². The van der Waals surface area contributed by atoms with E-state index in [1.807, 2.05) is 6.07 Å². The van der Waals surface area contributed by atoms with Gasteiger partial charge < -0.3 is 10.1 Å². The minimum atomic E-state index is 0.292. The summed E-state index contributed by atoms with van der Waals surface area (Å²) in [6.07, 6.45) is 2.80. The van der Waals surface area contributed by atoms with E-state index in [4.69, 9.17) is 4.74 Å². The number of aryl methyl sites for hydroxylation is 1. The maximum absolute atomic E-state index is 5.06. The number of methoxy groups -OCH3 is 1. The van der Waals surface area contributed by atoms with Crippen molar-refractivity contribution < 1.29 is 4.74 Å². The fourth-order valence-electron chi connectivity index (χ4n) is 1.38. The van der Waals surface area contributed by atoms with E-state index in [1.54, 1.807) is 13.3 Å². The molecule has 1 rings (SSSR count). The van der Waals surface area contributed by atoms with Gasteiger partial charge in [-0.05, 0) is 25.0 Å². The number of ether oxygens (including phenoxy) is 1. The highest BCUT2D eigenvalue weighted by Crippen LogP contribution is 2.12. The molecular weight excluding hydrogens is 176 g/mol. The molecule has 1 unspecified atom stereocenters. The Morgan fingerprint density at radius 1 is 1.57 bits per heavy atom. The average molecular weight is 194 g/mol. The van der Waals surface area contributed by atoms with Gasteiger partial charge in [0.15, 0.2) is 0 Å². The van der Waals surface area contributed by atoms with Crippen LogP contribution < -0.4 is 5.32 Å². The zero-order valence-electron chi connectivity index (χ0n) is 9.08. The van der Waals surface area contributed by atoms with Crippen LogP contribution in [0.4, 0.5) is 5.82 Å². The summed E-state index contributed by atoms with van der Waals surface area (Å²) < 4.78 is 5.06. The highest BCUT2D eigenvalue weighted by Gasteiger charge is 2.05. The molecule has 0 aliphatic carbocycles. The summed E-state index contributed by atoms with van der Waals surface area (Å²) in [6, 6.07) is 4.35. The van der Waals surface area contributed by atoms with E-state index < -0.39 is 0 Å². The molecule has 0 aliphatic heterocycles. The van der Waals surface area contributed by atoms with Gasteiger partial charge in [-0.15, -0.1) is 0 Å². The Kier molecular flexibility index (Phi) is 4.40. The molecule has 0 aliphatic rings. The summed E-state index contributed by atoms with van der Waals surface area (Å²) >= 11 is 0. The van der Waals surface area contributed by atoms with Crippen LogP contribution in [0.3, 0.4) is 0 Å². The first-order chi connectivity index (χ1) is 6.77. The van der Waals surface area contributed by atoms with Crippen molar-refractivity contribution >= 4 is 5.82 Å². The van der Waals surface area contributed by atoms with Crippen molar-refractivity contribution in [3.8, 4) is 0 Å². The molecule has 0 aromatic carbocycles. The van der Waals surface area contributed by atoms with E-state index >= 15 is 0 Å². The third-order valence-corrected chi connectivity index (χ3v) is 2.07. The van der Waals surface area contributed by atoms with Crippen LogP contribution in [0.1, 0.15) is 19.4 Å². The first-order valence-electron chi connectivity index (χ1n) is 4.97. The van der Waals surface area contributed by atoms with Gasteiger partial charge in [0.25, 0.3) is 0 Å². The summed E-state index contributed by atoms with van der Waals surface area (Å²) in [6.45, 7) is 4.90. The Bertz CT molecular complexity index is 276. The molecule has 0 saturated carbocycles. The van der Waals surface area contributed by atoms with E-state index in [0.29, 0.717) is 12.6 Å². The summed E-state index contributed by atoms with van der Waals surface area (Å²) in [5.74, 6) is 0.972. The standard InChI is InChI=1S/C11H18N2O/c1-4-10-6-5-7-12-11(10)13-9(2)8-14-3/h5-7,9H,4,8H2,1-3H3,(H,12,13). The lowest BCUT2D eigenvalue weighted by Gasteiger charge is -2.15. The van der Waals surface area contributed by atoms with Gasteiger partial charge in [-0.25, -0.2) is 4.98 Å². The van der Waals surface area contributed by atoms with Crippen molar-refractivity contribution in [2.45, 2.75) is 26.3 Å². The molecule has 1 heterocycles. The molecule has 14 heavy (non-hydrogen) atoms. The monoisotopic (exact) mass is 194 g/mol. The molecule has 3 heteroatoms. The van der Waals surface area contributed by atoms with Gasteiger partial charge in [0.1, 0.15) is 5.82 Å². The zero-order chi connectivity index (χ0) is 10.4. The first-order valence-corrected chi connectivity index (χ1v) is 4.97. The quantitative estimate of drug-likeness (QED) is 0.779. The van der Waals surface area contributed by atoms with Gasteiger partial charge in [0.2, 0.25) is 0 Å². The van der Waals surface area contributed by atoms with Crippen molar-refractivity contribution in [2.24, 2.45) is 0 Å². The molecule has 1 atom stereocenters. The van der Waals surface area contributed by atoms with Crippen molar-refractivity contribution in [1.29, 1.82) is 0 Å². The average Bonchev–Trinajstić information content (AvgIpc) is 2.19. The van der Waals surface area contributed by atoms with Crippen LogP contribution in [0.15, 0.2) is 18.3 Å². The van der Waals surface area contributed by atoms with E-state index in [9.17, 15) is 0 Å². The molecule has 1 N–H and O–H groups in total. The molecule has 0 radical (unpaired) electrons. The first kappa shape index (κ1) is 11.0. The Morgan fingerprint density at radius 3 is 3.00 bits per heavy atom. The molecule has 0 fully saturated rings. The number of rotatable bonds is 5. The number of hydrogen-bond acceptors (Lipinski definition) is 3. The van der Waals surface area contributed by atoms with Gasteiger partial charge in [0.05, 0.1) is 6.61 Å². The highest BCUT2D eigenvalue weighted by atomic mass is 16.5. The van der Waals surface area contributed by atoms with E-state index in [1.165, 1.54) is 5.56 Å². The van der Waals surface area contributed by atoms with Gasteiger partial charge in [0, 0.05) is 19.3 Å². The SMILES string of the molecule is CCc1cccnc1NC(C)COC. The third kappa shape index (κ3) is 3.00. The lowest BCUT2D eigenvalue weighted by atomic mass is 10.2. The Hall–Kier alpha value is -1.09. The highest BCUT2D eigenvalue weighted by molar-refractivity contribution is 5.44. The molecule has 0 saturated heterocycles. The molecular formula is C11H18N2O. The number of hydrogen-bond donors (Lipinski definition) is 1. The van der Waals surface area contributed by atoms with Gasteiger partial charge in [-0.3, -0.25) is 0 Å². The minimum Gasteiger partial charge on any atom is -0.383 e. The van der Waals surface area contributed by atoms with E-state index in [0.717, 1.165) is 12.2 Å². The van der Waals surface area contributed by atoms with Crippen molar-refractivity contribution in [2.75, 3.05) is 19.0 Å². The topological polar surface area (TPSA) is 34.2 Å². The number of pyridine rings is 1. The molecule has 0 spiro atoms. The lowest BCUT2D eigenvalue weighted by molar-refractivity contribution is 0.190. The number of nitrogens with one attached hydrogen (secondary N) is 1. The van der Waals surface area contributed by atoms with Crippen LogP contribution in [0, 0.1) is 0 Å². The number of aromatic nitrogens is 1. The molecule has 1 aromatic rings. The largest absolute Gasteiger partial charge is 0.383 e. The Balaban J connectivity index is 2.65. The molecule has 0 amide bonds. The van der Waals surface area contributed by atoms with E-state index in [2.05, 4.69) is 30.2 Å². The van der Waals surface area contributed by atoms with E-state index in [-0.39, 0.29) is 0 Å². The van der Waals surface area contributed by atoms with Crippen LogP contribution in [0.5, 0.6) is 0 Å². The normalized spacial score (nSPS) is 12.5. The van der Waals surface area contributed by atoms with Crippen molar-refractivity contribution in [3.63, 3.8) is 0 Å². The second-order valence-electron chi connectivity index (χ2n) is 3.37. The number of nitrogens with zero attached hydrogens (tertiary/aromatic N) is 1. The van der Waals surface area contributed by atoms with Gasteiger partial charge in [-0.1, -0.05) is 13.0 Å². The second-order valence-corrected chi connectivity index (χ2v) is 3.37. The predicted molar refractivity (Wildman–Crippen MR) is 58.6 cm³/mol. The minimum absolute atomic E-state index is 0.292. The van der Waals surface area contributed by atoms with Crippen molar-refractivity contribution in [3.05, 3.63) is 23.9 Å². The summed E-state index contributed by atoms with van der Waals surface area (Å²) in [5.41, 5.74) is 1.25. The van der Waals surface area contributed by atoms with Crippen LogP contribution in [-0.4, -0.2) is 24.7 Å². The Morgan fingerprint density at radius 2 is 2.36 bits per heavy atom. The summed E-state index contributed by atoms with van der Waals surface area (Å²) in [4.78, 5) is 4.31. The maximum atomic E-state index is 5.06. The predicted octanol–water partition coefficient (Wildman–Crippen LogP) is 2.09. The van der Waals surface area contributed by atoms with Crippen LogP contribution in [0.2, 0.25) is 0 Å². The molecule has 1 aromatic heterocycles. The molecule has 3 nitrogen and oxygen atoms in total. The third-order valence-electron chi connectivity index (χ3n) is 2.07. The molecule has 0 bridgehead atoms. The van der Waals surface area contributed by atoms with Gasteiger partial charge in [-0.2, -0.15) is 0 Å². The molecule has 78 valence electrons. The summed E-state index contributed by atoms with van der Waals surface area (Å²) in [5, 5.41) is 3.33. The second kappa shape index (κ2) is 5.60. The van der Waals surface area contributed by atoms with Crippen LogP contribution in [0.25, 0.3) is 0 Å². The fraction of sp³-hybridized carbons (Fsp3) is 0.545. The fourth-order valence-corrected chi connectivity index (χ4v) is 1.38. The number of anilines is 1. The zero-order valence-corrected chi connectivity index (χ0v) is 9.08. The smallest absolute Gasteiger partial charge is 0.129 e.